The van der Waals surface area contributed by atoms with Gasteiger partial charge in [0.2, 0.25) is 5.95 Å². The molecule has 7 heteroatoms. The van der Waals surface area contributed by atoms with E-state index in [0.29, 0.717) is 29.4 Å². The van der Waals surface area contributed by atoms with Crippen LogP contribution in [0.5, 0.6) is 0 Å². The van der Waals surface area contributed by atoms with Crippen molar-refractivity contribution >= 4 is 5.95 Å². The fourth-order valence-electron chi connectivity index (χ4n) is 2.87. The van der Waals surface area contributed by atoms with Gasteiger partial charge in [0.05, 0.1) is 11.4 Å². The molecule has 1 N–H and O–H groups in total. The number of nitrogens with zero attached hydrogens (tertiary/aromatic N) is 5. The molecule has 1 saturated heterocycles. The van der Waals surface area contributed by atoms with E-state index in [1.807, 2.05) is 0 Å². The zero-order chi connectivity index (χ0) is 15.7. The zero-order valence-electron chi connectivity index (χ0n) is 13.0. The third-order valence-corrected chi connectivity index (χ3v) is 3.80. The second-order valence-electron chi connectivity index (χ2n) is 5.81. The van der Waals surface area contributed by atoms with Crippen LogP contribution >= 0.6 is 0 Å². The smallest absolute Gasteiger partial charge is 0.255 e. The van der Waals surface area contributed by atoms with Crippen LogP contribution in [0, 0.1) is 0 Å². The van der Waals surface area contributed by atoms with E-state index < -0.39 is 0 Å². The summed E-state index contributed by atoms with van der Waals surface area (Å²) in [5.41, 5.74) is 1.15. The maximum Gasteiger partial charge on any atom is 0.255 e. The van der Waals surface area contributed by atoms with E-state index in [0.717, 1.165) is 13.1 Å². The Morgan fingerprint density at radius 1 is 1.23 bits per heavy atom. The van der Waals surface area contributed by atoms with E-state index in [1.54, 1.807) is 23.9 Å². The van der Waals surface area contributed by atoms with Gasteiger partial charge in [0.1, 0.15) is 6.33 Å². The van der Waals surface area contributed by atoms with Gasteiger partial charge in [-0.05, 0) is 19.9 Å². The first kappa shape index (κ1) is 14.6. The number of aromatic nitrogens is 4. The average molecular weight is 300 g/mol. The Kier molecular flexibility index (Phi) is 3.89. The maximum atomic E-state index is 12.3. The molecule has 0 bridgehead atoms. The summed E-state index contributed by atoms with van der Waals surface area (Å²) in [5.74, 6) is 0.682. The molecule has 2 aromatic rings. The van der Waals surface area contributed by atoms with Gasteiger partial charge in [0.15, 0.2) is 0 Å². The molecule has 1 aliphatic heterocycles. The molecule has 0 saturated carbocycles. The third-order valence-electron chi connectivity index (χ3n) is 3.80. The molecule has 3 heterocycles. The number of rotatable bonds is 2. The first-order valence-corrected chi connectivity index (χ1v) is 7.40. The fraction of sp³-hybridized carbons (Fsp3) is 0.467. The van der Waals surface area contributed by atoms with E-state index >= 15 is 0 Å². The standard InChI is InChI=1S/C15H20N6O/c1-10-7-21(8-11(2)18-10)15-19-13(6-14(22)20(15)3)12-4-5-16-9-17-12/h4-6,9-11,18H,7-8H2,1-3H3. The normalized spacial score (nSPS) is 21.9. The highest BCUT2D eigenvalue weighted by molar-refractivity contribution is 5.55. The molecular weight excluding hydrogens is 280 g/mol. The van der Waals surface area contributed by atoms with Crippen LogP contribution in [0.1, 0.15) is 13.8 Å². The summed E-state index contributed by atoms with van der Waals surface area (Å²) >= 11 is 0. The highest BCUT2D eigenvalue weighted by Crippen LogP contribution is 2.18. The number of nitrogens with one attached hydrogen (secondary N) is 1. The van der Waals surface area contributed by atoms with Crippen LogP contribution in [0.3, 0.4) is 0 Å². The SMILES string of the molecule is CC1CN(c2nc(-c3ccncn3)cc(=O)n2C)CC(C)N1. The van der Waals surface area contributed by atoms with E-state index in [4.69, 9.17) is 0 Å². The van der Waals surface area contributed by atoms with Gasteiger partial charge >= 0.3 is 0 Å². The Hall–Kier alpha value is -2.28. The lowest BCUT2D eigenvalue weighted by atomic mass is 10.1. The summed E-state index contributed by atoms with van der Waals surface area (Å²) in [7, 11) is 1.76. The highest BCUT2D eigenvalue weighted by atomic mass is 16.1. The van der Waals surface area contributed by atoms with Gasteiger partial charge in [-0.2, -0.15) is 0 Å². The minimum atomic E-state index is -0.0857. The van der Waals surface area contributed by atoms with E-state index in [2.05, 4.69) is 39.0 Å². The van der Waals surface area contributed by atoms with Crippen molar-refractivity contribution in [1.29, 1.82) is 0 Å². The van der Waals surface area contributed by atoms with Crippen LogP contribution in [0.2, 0.25) is 0 Å². The molecule has 1 fully saturated rings. The molecule has 2 unspecified atom stereocenters. The Balaban J connectivity index is 2.04. The molecular formula is C15H20N6O. The van der Waals surface area contributed by atoms with Gasteiger partial charge in [-0.1, -0.05) is 0 Å². The number of hydrogen-bond acceptors (Lipinski definition) is 6. The summed E-state index contributed by atoms with van der Waals surface area (Å²) in [6, 6.07) is 3.97. The third kappa shape index (κ3) is 2.85. The molecule has 0 aliphatic carbocycles. The Bertz CT molecular complexity index is 704. The molecule has 22 heavy (non-hydrogen) atoms. The molecule has 2 aromatic heterocycles. The molecule has 3 rings (SSSR count). The molecule has 2 atom stereocenters. The van der Waals surface area contributed by atoms with Crippen LogP contribution in [-0.2, 0) is 7.05 Å². The largest absolute Gasteiger partial charge is 0.339 e. The van der Waals surface area contributed by atoms with Crippen molar-refractivity contribution in [3.05, 3.63) is 35.0 Å². The molecule has 7 nitrogen and oxygen atoms in total. The van der Waals surface area contributed by atoms with Gasteiger partial charge < -0.3 is 10.2 Å². The van der Waals surface area contributed by atoms with Crippen molar-refractivity contribution in [2.45, 2.75) is 25.9 Å². The molecule has 0 spiro atoms. The van der Waals surface area contributed by atoms with Crippen molar-refractivity contribution in [3.8, 4) is 11.4 Å². The molecule has 1 aliphatic rings. The predicted octanol–water partition coefficient (Wildman–Crippen LogP) is 0.424. The van der Waals surface area contributed by atoms with Crippen molar-refractivity contribution in [3.63, 3.8) is 0 Å². The summed E-state index contributed by atoms with van der Waals surface area (Å²) in [5, 5.41) is 3.48. The lowest BCUT2D eigenvalue weighted by molar-refractivity contribution is 0.400. The second-order valence-corrected chi connectivity index (χ2v) is 5.81. The topological polar surface area (TPSA) is 75.9 Å². The molecule has 0 radical (unpaired) electrons. The summed E-state index contributed by atoms with van der Waals surface area (Å²) in [6.07, 6.45) is 3.11. The van der Waals surface area contributed by atoms with Crippen LogP contribution in [-0.4, -0.2) is 44.7 Å². The van der Waals surface area contributed by atoms with Crippen LogP contribution in [0.25, 0.3) is 11.4 Å². The first-order chi connectivity index (χ1) is 10.5. The number of piperazine rings is 1. The first-order valence-electron chi connectivity index (χ1n) is 7.40. The van der Waals surface area contributed by atoms with E-state index in [-0.39, 0.29) is 5.56 Å². The average Bonchev–Trinajstić information content (AvgIpc) is 2.49. The Morgan fingerprint density at radius 3 is 2.59 bits per heavy atom. The molecule has 0 aromatic carbocycles. The fourth-order valence-corrected chi connectivity index (χ4v) is 2.87. The lowest BCUT2D eigenvalue weighted by Crippen LogP contribution is -2.55. The number of hydrogen-bond donors (Lipinski definition) is 1. The highest BCUT2D eigenvalue weighted by Gasteiger charge is 2.24. The van der Waals surface area contributed by atoms with Crippen molar-refractivity contribution in [1.82, 2.24) is 24.8 Å². The summed E-state index contributed by atoms with van der Waals surface area (Å²) < 4.78 is 1.59. The lowest BCUT2D eigenvalue weighted by Gasteiger charge is -2.37. The van der Waals surface area contributed by atoms with Crippen molar-refractivity contribution < 1.29 is 0 Å². The van der Waals surface area contributed by atoms with Crippen LogP contribution < -0.4 is 15.8 Å². The van der Waals surface area contributed by atoms with Gasteiger partial charge in [-0.3, -0.25) is 9.36 Å². The minimum Gasteiger partial charge on any atom is -0.339 e. The van der Waals surface area contributed by atoms with Crippen molar-refractivity contribution in [2.75, 3.05) is 18.0 Å². The molecule has 116 valence electrons. The maximum absolute atomic E-state index is 12.3. The van der Waals surface area contributed by atoms with Gasteiger partial charge in [0, 0.05) is 44.5 Å². The predicted molar refractivity (Wildman–Crippen MR) is 84.8 cm³/mol. The second kappa shape index (κ2) is 5.84. The van der Waals surface area contributed by atoms with E-state index in [1.165, 1.54) is 12.4 Å². The van der Waals surface area contributed by atoms with Crippen LogP contribution in [0.4, 0.5) is 5.95 Å². The zero-order valence-corrected chi connectivity index (χ0v) is 13.0. The molecule has 0 amide bonds. The van der Waals surface area contributed by atoms with Gasteiger partial charge in [-0.25, -0.2) is 15.0 Å². The number of anilines is 1. The summed E-state index contributed by atoms with van der Waals surface area (Å²) in [4.78, 5) is 27.2. The summed E-state index contributed by atoms with van der Waals surface area (Å²) in [6.45, 7) is 5.90. The van der Waals surface area contributed by atoms with Crippen LogP contribution in [0.15, 0.2) is 29.5 Å². The van der Waals surface area contributed by atoms with Crippen molar-refractivity contribution in [2.24, 2.45) is 7.05 Å². The monoisotopic (exact) mass is 300 g/mol. The van der Waals surface area contributed by atoms with Gasteiger partial charge in [-0.15, -0.1) is 0 Å². The minimum absolute atomic E-state index is 0.0857. The Morgan fingerprint density at radius 2 is 1.95 bits per heavy atom. The quantitative estimate of drug-likeness (QED) is 0.866. The Labute approximate surface area is 129 Å². The van der Waals surface area contributed by atoms with E-state index in [9.17, 15) is 4.79 Å². The van der Waals surface area contributed by atoms with Gasteiger partial charge in [0.25, 0.3) is 5.56 Å².